The van der Waals surface area contributed by atoms with Crippen molar-refractivity contribution in [3.05, 3.63) is 133 Å². The van der Waals surface area contributed by atoms with Gasteiger partial charge in [-0.05, 0) is 60.7 Å². The fraction of sp³-hybridized carbons (Fsp3) is 0.190. The van der Waals surface area contributed by atoms with Crippen molar-refractivity contribution in [1.82, 2.24) is 28.5 Å². The number of piperazine rings is 2. The Bertz CT molecular complexity index is 3180. The molecule has 0 aliphatic carbocycles. The van der Waals surface area contributed by atoms with Gasteiger partial charge in [0.2, 0.25) is 0 Å². The van der Waals surface area contributed by atoms with E-state index in [9.17, 15) is 34.4 Å². The quantitative estimate of drug-likeness (QED) is 0.186. The molecule has 60 heavy (non-hydrogen) atoms. The smallest absolute Gasteiger partial charge is 0.271 e. The van der Waals surface area contributed by atoms with Gasteiger partial charge in [0.15, 0.2) is 11.6 Å². The number of hydrogen-bond acceptors (Lipinski definition) is 10. The van der Waals surface area contributed by atoms with Gasteiger partial charge in [0.1, 0.15) is 28.2 Å². The van der Waals surface area contributed by atoms with Crippen LogP contribution in [-0.4, -0.2) is 87.1 Å². The number of nitrogens with zero attached hydrogens (tertiary/aromatic N) is 6. The van der Waals surface area contributed by atoms with Gasteiger partial charge in [0, 0.05) is 86.3 Å². The summed E-state index contributed by atoms with van der Waals surface area (Å²) < 4.78 is 111. The summed E-state index contributed by atoms with van der Waals surface area (Å²) in [4.78, 5) is 12.8. The molecule has 0 saturated carbocycles. The lowest BCUT2D eigenvalue weighted by atomic mass is 10.1. The summed E-state index contributed by atoms with van der Waals surface area (Å²) in [7, 11) is -8.52. The number of aromatic nitrogens is 4. The Morgan fingerprint density at radius 3 is 1.50 bits per heavy atom. The van der Waals surface area contributed by atoms with Crippen LogP contribution in [-0.2, 0) is 20.0 Å². The molecular formula is C42H36F4N8O4S2. The van der Waals surface area contributed by atoms with E-state index in [-0.39, 0.29) is 4.90 Å². The standard InChI is InChI=1S/2C21H18F2N4O2S/c22-17-6-5-14(13-18(17)23)30(28,29)27-10-7-16-20(27)15-3-1-2-4-19(15)25-21(16)26-11-8-24-9-12-26;22-14-5-6-17(23)19(13-14)30(28,29)27-10-7-16-20(27)15-3-1-2-4-18(15)25-21(16)26-11-8-24-9-12-26/h2*1-7,10,13,24H,8-9,11-12H2. The maximum atomic E-state index is 14.4. The minimum atomic E-state index is -4.37. The van der Waals surface area contributed by atoms with E-state index in [2.05, 4.69) is 20.4 Å². The molecule has 2 aliphatic rings. The number of fused-ring (bicyclic) bond motifs is 6. The lowest BCUT2D eigenvalue weighted by molar-refractivity contribution is 0.504. The Kier molecular flexibility index (Phi) is 10.2. The molecule has 6 heterocycles. The van der Waals surface area contributed by atoms with Crippen molar-refractivity contribution in [2.75, 3.05) is 62.2 Å². The summed E-state index contributed by atoms with van der Waals surface area (Å²) >= 11 is 0. The van der Waals surface area contributed by atoms with Crippen molar-refractivity contribution in [3.8, 4) is 0 Å². The Balaban J connectivity index is 0.000000154. The average molecular weight is 857 g/mol. The molecule has 2 fully saturated rings. The van der Waals surface area contributed by atoms with Crippen LogP contribution in [0.3, 0.4) is 0 Å². The Morgan fingerprint density at radius 2 is 0.983 bits per heavy atom. The Morgan fingerprint density at radius 1 is 0.500 bits per heavy atom. The van der Waals surface area contributed by atoms with E-state index in [1.807, 2.05) is 36.4 Å². The lowest BCUT2D eigenvalue weighted by Crippen LogP contribution is -2.44. The third kappa shape index (κ3) is 6.88. The van der Waals surface area contributed by atoms with Crippen molar-refractivity contribution in [1.29, 1.82) is 0 Å². The highest BCUT2D eigenvalue weighted by Crippen LogP contribution is 2.36. The zero-order valence-electron chi connectivity index (χ0n) is 31.7. The first-order chi connectivity index (χ1) is 28.9. The highest BCUT2D eigenvalue weighted by Gasteiger charge is 2.28. The number of para-hydroxylation sites is 2. The van der Waals surface area contributed by atoms with Gasteiger partial charge in [-0.25, -0.2) is 52.3 Å². The fourth-order valence-corrected chi connectivity index (χ4v) is 10.6. The molecule has 0 atom stereocenters. The molecule has 0 amide bonds. The number of halogens is 4. The molecule has 2 saturated heterocycles. The number of benzene rings is 4. The van der Waals surface area contributed by atoms with Gasteiger partial charge in [0.25, 0.3) is 20.0 Å². The van der Waals surface area contributed by atoms with Crippen molar-refractivity contribution in [3.63, 3.8) is 0 Å². The summed E-state index contributed by atoms with van der Waals surface area (Å²) in [6.45, 7) is 6.18. The molecular weight excluding hydrogens is 821 g/mol. The van der Waals surface area contributed by atoms with Crippen LogP contribution in [0.1, 0.15) is 0 Å². The fourth-order valence-electron chi connectivity index (χ4n) is 7.78. The molecule has 2 aliphatic heterocycles. The van der Waals surface area contributed by atoms with Gasteiger partial charge in [0.05, 0.1) is 27.0 Å². The molecule has 0 radical (unpaired) electrons. The monoisotopic (exact) mass is 856 g/mol. The number of hydrogen-bond donors (Lipinski definition) is 2. The summed E-state index contributed by atoms with van der Waals surface area (Å²) in [6.07, 6.45) is 2.82. The van der Waals surface area contributed by atoms with Crippen LogP contribution in [0.25, 0.3) is 43.6 Å². The second kappa shape index (κ2) is 15.5. The molecule has 0 spiro atoms. The SMILES string of the molecule is O=S(=O)(c1cc(F)ccc1F)n1ccc2c(N3CCNCC3)nc3ccccc3c21.O=S(=O)(c1ccc(F)c(F)c1)n1ccc2c(N3CCNCC3)nc3ccccc3c21. The van der Waals surface area contributed by atoms with Gasteiger partial charge >= 0.3 is 0 Å². The maximum absolute atomic E-state index is 14.4. The zero-order chi connectivity index (χ0) is 41.8. The van der Waals surface area contributed by atoms with E-state index in [1.165, 1.54) is 12.4 Å². The average Bonchev–Trinajstić information content (AvgIpc) is 3.93. The molecule has 0 unspecified atom stereocenters. The summed E-state index contributed by atoms with van der Waals surface area (Å²) in [5.41, 5.74) is 2.17. The van der Waals surface area contributed by atoms with E-state index >= 15 is 0 Å². The largest absolute Gasteiger partial charge is 0.353 e. The first-order valence-electron chi connectivity index (χ1n) is 19.1. The van der Waals surface area contributed by atoms with Crippen LogP contribution in [0, 0.1) is 23.3 Å². The zero-order valence-corrected chi connectivity index (χ0v) is 33.3. The summed E-state index contributed by atoms with van der Waals surface area (Å²) in [5, 5.41) is 9.21. The van der Waals surface area contributed by atoms with Crippen LogP contribution in [0.4, 0.5) is 29.2 Å². The normalized spacial score (nSPS) is 15.2. The predicted molar refractivity (Wildman–Crippen MR) is 223 cm³/mol. The topological polar surface area (TPSA) is 134 Å². The highest BCUT2D eigenvalue weighted by molar-refractivity contribution is 7.90. The third-order valence-electron chi connectivity index (χ3n) is 10.7. The predicted octanol–water partition coefficient (Wildman–Crippen LogP) is 6.23. The van der Waals surface area contributed by atoms with Crippen LogP contribution in [0.15, 0.2) is 119 Å². The van der Waals surface area contributed by atoms with Gasteiger partial charge < -0.3 is 20.4 Å². The molecule has 4 aromatic heterocycles. The molecule has 308 valence electrons. The second-order valence-corrected chi connectivity index (χ2v) is 17.9. The molecule has 8 aromatic rings. The maximum Gasteiger partial charge on any atom is 0.271 e. The second-order valence-electron chi connectivity index (χ2n) is 14.3. The number of pyridine rings is 2. The van der Waals surface area contributed by atoms with Crippen molar-refractivity contribution in [2.24, 2.45) is 0 Å². The summed E-state index contributed by atoms with van der Waals surface area (Å²) in [5.74, 6) is -2.73. The first-order valence-corrected chi connectivity index (χ1v) is 21.9. The minimum Gasteiger partial charge on any atom is -0.353 e. The van der Waals surface area contributed by atoms with Crippen LogP contribution < -0.4 is 20.4 Å². The van der Waals surface area contributed by atoms with Gasteiger partial charge in [-0.2, -0.15) is 0 Å². The van der Waals surface area contributed by atoms with E-state index < -0.39 is 48.2 Å². The summed E-state index contributed by atoms with van der Waals surface area (Å²) in [6, 6.07) is 22.9. The third-order valence-corrected chi connectivity index (χ3v) is 14.0. The molecule has 4 aromatic carbocycles. The Labute approximate surface area is 341 Å². The van der Waals surface area contributed by atoms with Crippen molar-refractivity contribution in [2.45, 2.75) is 9.79 Å². The molecule has 10 rings (SSSR count). The van der Waals surface area contributed by atoms with E-state index in [1.54, 1.807) is 24.3 Å². The molecule has 0 bridgehead atoms. The first kappa shape index (κ1) is 39.4. The Hall–Kier alpha value is -6.08. The van der Waals surface area contributed by atoms with Crippen LogP contribution in [0.2, 0.25) is 0 Å². The molecule has 12 nitrogen and oxygen atoms in total. The van der Waals surface area contributed by atoms with Gasteiger partial charge in [-0.15, -0.1) is 0 Å². The van der Waals surface area contributed by atoms with Crippen molar-refractivity contribution < 1.29 is 34.4 Å². The van der Waals surface area contributed by atoms with E-state index in [0.717, 1.165) is 84.6 Å². The number of nitrogens with one attached hydrogen (secondary N) is 2. The molecule has 2 N–H and O–H groups in total. The van der Waals surface area contributed by atoms with Gasteiger partial charge in [-0.3, -0.25) is 0 Å². The number of anilines is 2. The van der Waals surface area contributed by atoms with Crippen LogP contribution >= 0.6 is 0 Å². The lowest BCUT2D eigenvalue weighted by Gasteiger charge is -2.29. The minimum absolute atomic E-state index is 0.316. The van der Waals surface area contributed by atoms with Crippen LogP contribution in [0.5, 0.6) is 0 Å². The highest BCUT2D eigenvalue weighted by atomic mass is 32.2. The van der Waals surface area contributed by atoms with Gasteiger partial charge in [-0.1, -0.05) is 36.4 Å². The van der Waals surface area contributed by atoms with E-state index in [0.29, 0.717) is 67.4 Å². The number of rotatable bonds is 6. The van der Waals surface area contributed by atoms with Crippen molar-refractivity contribution >= 4 is 75.3 Å². The van der Waals surface area contributed by atoms with E-state index in [4.69, 9.17) is 9.97 Å². The molecule has 18 heteroatoms.